The maximum absolute atomic E-state index is 11.2. The summed E-state index contributed by atoms with van der Waals surface area (Å²) in [6, 6.07) is 8.46. The lowest BCUT2D eigenvalue weighted by molar-refractivity contribution is 0.00578. The molecule has 5 heteroatoms. The van der Waals surface area contributed by atoms with Crippen molar-refractivity contribution in [1.29, 1.82) is 0 Å². The second kappa shape index (κ2) is 6.54. The van der Waals surface area contributed by atoms with E-state index >= 15 is 0 Å². The summed E-state index contributed by atoms with van der Waals surface area (Å²) >= 11 is 2.11. The number of rotatable bonds is 3. The fourth-order valence-electron chi connectivity index (χ4n) is 4.51. The Morgan fingerprint density at radius 2 is 1.54 bits per heavy atom. The van der Waals surface area contributed by atoms with E-state index in [1.807, 2.05) is 0 Å². The zero-order valence-corrected chi connectivity index (χ0v) is 17.3. The SMILES string of the molecule is CC1(C)OB(c2ccc(CC3(O)CC4CCCC(C3)S4)cc2)OC1(C)C. The van der Waals surface area contributed by atoms with Crippen LogP contribution in [0.5, 0.6) is 0 Å². The van der Waals surface area contributed by atoms with Crippen LogP contribution in [0.25, 0.3) is 0 Å². The van der Waals surface area contributed by atoms with Crippen LogP contribution in [-0.2, 0) is 15.7 Å². The summed E-state index contributed by atoms with van der Waals surface area (Å²) in [5.74, 6) is 0. The van der Waals surface area contributed by atoms with Crippen molar-refractivity contribution >= 4 is 24.3 Å². The number of hydrogen-bond acceptors (Lipinski definition) is 4. The van der Waals surface area contributed by atoms with Gasteiger partial charge in [-0.05, 0) is 64.4 Å². The standard InChI is InChI=1S/C21H31BO3S/c1-19(2)20(3,4)25-22(24-19)16-10-8-15(9-11-16)12-21(23)13-17-6-5-7-18(14-21)26-17/h8-11,17-18,23H,5-7,12-14H2,1-4H3. The first-order valence-electron chi connectivity index (χ1n) is 9.98. The van der Waals surface area contributed by atoms with Gasteiger partial charge in [0.25, 0.3) is 0 Å². The van der Waals surface area contributed by atoms with Crippen molar-refractivity contribution < 1.29 is 14.4 Å². The van der Waals surface area contributed by atoms with E-state index in [0.717, 1.165) is 24.7 Å². The van der Waals surface area contributed by atoms with Crippen LogP contribution >= 0.6 is 11.8 Å². The van der Waals surface area contributed by atoms with E-state index in [0.29, 0.717) is 10.5 Å². The van der Waals surface area contributed by atoms with Crippen molar-refractivity contribution in [1.82, 2.24) is 0 Å². The first kappa shape index (κ1) is 18.9. The Kier molecular flexibility index (Phi) is 4.75. The molecule has 2 unspecified atom stereocenters. The molecule has 1 N–H and O–H groups in total. The van der Waals surface area contributed by atoms with Crippen molar-refractivity contribution in [3.05, 3.63) is 29.8 Å². The molecule has 0 aliphatic carbocycles. The van der Waals surface area contributed by atoms with Crippen molar-refractivity contribution in [2.75, 3.05) is 0 Å². The third-order valence-corrected chi connectivity index (χ3v) is 8.27. The van der Waals surface area contributed by atoms with Gasteiger partial charge in [-0.25, -0.2) is 0 Å². The molecule has 0 amide bonds. The lowest BCUT2D eigenvalue weighted by Crippen LogP contribution is -2.44. The molecule has 2 bridgehead atoms. The van der Waals surface area contributed by atoms with Crippen molar-refractivity contribution in [2.45, 2.75) is 93.5 Å². The minimum Gasteiger partial charge on any atom is -0.399 e. The largest absolute Gasteiger partial charge is 0.494 e. The zero-order chi connectivity index (χ0) is 18.6. The lowest BCUT2D eigenvalue weighted by atomic mass is 9.77. The average molecular weight is 374 g/mol. The van der Waals surface area contributed by atoms with Crippen LogP contribution in [0.2, 0.25) is 0 Å². The Bertz CT molecular complexity index is 630. The Balaban J connectivity index is 1.44. The van der Waals surface area contributed by atoms with E-state index < -0.39 is 5.60 Å². The molecule has 0 saturated carbocycles. The van der Waals surface area contributed by atoms with Gasteiger partial charge >= 0.3 is 7.12 Å². The van der Waals surface area contributed by atoms with E-state index in [2.05, 4.69) is 63.7 Å². The fourth-order valence-corrected chi connectivity index (χ4v) is 6.47. The van der Waals surface area contributed by atoms with E-state index in [-0.39, 0.29) is 18.3 Å². The molecule has 0 spiro atoms. The van der Waals surface area contributed by atoms with Crippen LogP contribution in [0.3, 0.4) is 0 Å². The van der Waals surface area contributed by atoms with Gasteiger partial charge in [0.2, 0.25) is 0 Å². The third kappa shape index (κ3) is 3.60. The molecule has 4 rings (SSSR count). The van der Waals surface area contributed by atoms with Gasteiger partial charge < -0.3 is 14.4 Å². The predicted molar refractivity (Wildman–Crippen MR) is 109 cm³/mol. The molecular formula is C21H31BO3S. The smallest absolute Gasteiger partial charge is 0.399 e. The van der Waals surface area contributed by atoms with Gasteiger partial charge in [-0.2, -0.15) is 11.8 Å². The molecule has 26 heavy (non-hydrogen) atoms. The second-order valence-electron chi connectivity index (χ2n) is 9.45. The van der Waals surface area contributed by atoms with Crippen LogP contribution in [-0.4, -0.2) is 39.5 Å². The fraction of sp³-hybridized carbons (Fsp3) is 0.714. The summed E-state index contributed by atoms with van der Waals surface area (Å²) in [7, 11) is -0.317. The van der Waals surface area contributed by atoms with E-state index in [9.17, 15) is 5.11 Å². The third-order valence-electron chi connectivity index (χ3n) is 6.69. The van der Waals surface area contributed by atoms with E-state index in [1.165, 1.54) is 24.8 Å². The minimum atomic E-state index is -0.535. The van der Waals surface area contributed by atoms with E-state index in [4.69, 9.17) is 9.31 Å². The van der Waals surface area contributed by atoms with Gasteiger partial charge in [0.1, 0.15) is 0 Å². The Labute approximate surface area is 162 Å². The molecule has 1 aromatic rings. The number of aliphatic hydroxyl groups is 1. The Morgan fingerprint density at radius 3 is 2.08 bits per heavy atom. The molecule has 2 atom stereocenters. The minimum absolute atomic E-state index is 0.316. The molecule has 0 aromatic heterocycles. The van der Waals surface area contributed by atoms with Gasteiger partial charge in [-0.15, -0.1) is 0 Å². The topological polar surface area (TPSA) is 38.7 Å². The van der Waals surface area contributed by atoms with Gasteiger partial charge in [0.15, 0.2) is 0 Å². The van der Waals surface area contributed by atoms with Crippen LogP contribution < -0.4 is 5.46 Å². The summed E-state index contributed by atoms with van der Waals surface area (Å²) in [4.78, 5) is 0. The quantitative estimate of drug-likeness (QED) is 0.819. The molecular weight excluding hydrogens is 343 g/mol. The molecule has 3 aliphatic rings. The summed E-state index contributed by atoms with van der Waals surface area (Å²) in [5, 5.41) is 12.5. The summed E-state index contributed by atoms with van der Waals surface area (Å²) in [5.41, 5.74) is 1.09. The normalized spacial score (nSPS) is 35.5. The van der Waals surface area contributed by atoms with Crippen molar-refractivity contribution in [2.24, 2.45) is 0 Å². The van der Waals surface area contributed by atoms with Crippen LogP contribution in [0, 0.1) is 0 Å². The first-order chi connectivity index (χ1) is 12.2. The van der Waals surface area contributed by atoms with Crippen molar-refractivity contribution in [3.8, 4) is 0 Å². The average Bonchev–Trinajstić information content (AvgIpc) is 2.75. The lowest BCUT2D eigenvalue weighted by Gasteiger charge is -2.44. The monoisotopic (exact) mass is 374 g/mol. The second-order valence-corrected chi connectivity index (χ2v) is 11.1. The summed E-state index contributed by atoms with van der Waals surface area (Å²) in [6.07, 6.45) is 6.50. The molecule has 1 aromatic carbocycles. The van der Waals surface area contributed by atoms with E-state index in [1.54, 1.807) is 0 Å². The predicted octanol–water partition coefficient (Wildman–Crippen LogP) is 3.71. The number of hydrogen-bond donors (Lipinski definition) is 1. The first-order valence-corrected chi connectivity index (χ1v) is 10.9. The molecule has 3 aliphatic heterocycles. The molecule has 3 heterocycles. The molecule has 3 nitrogen and oxygen atoms in total. The maximum Gasteiger partial charge on any atom is 0.494 e. The zero-order valence-electron chi connectivity index (χ0n) is 16.5. The van der Waals surface area contributed by atoms with Gasteiger partial charge in [-0.1, -0.05) is 30.7 Å². The Hall–Kier alpha value is -0.485. The highest BCUT2D eigenvalue weighted by atomic mass is 32.2. The van der Waals surface area contributed by atoms with Gasteiger partial charge in [-0.3, -0.25) is 0 Å². The molecule has 0 radical (unpaired) electrons. The Morgan fingerprint density at radius 1 is 1.00 bits per heavy atom. The molecule has 142 valence electrons. The number of thioether (sulfide) groups is 1. The number of fused-ring (bicyclic) bond motifs is 2. The highest BCUT2D eigenvalue weighted by Crippen LogP contribution is 2.46. The molecule has 3 fully saturated rings. The highest BCUT2D eigenvalue weighted by molar-refractivity contribution is 8.00. The van der Waals surface area contributed by atoms with Crippen LogP contribution in [0.4, 0.5) is 0 Å². The van der Waals surface area contributed by atoms with Gasteiger partial charge in [0, 0.05) is 16.9 Å². The summed E-state index contributed by atoms with van der Waals surface area (Å²) in [6.45, 7) is 8.31. The maximum atomic E-state index is 11.2. The van der Waals surface area contributed by atoms with Crippen LogP contribution in [0.1, 0.15) is 65.4 Å². The van der Waals surface area contributed by atoms with Crippen molar-refractivity contribution in [3.63, 3.8) is 0 Å². The van der Waals surface area contributed by atoms with Crippen LogP contribution in [0.15, 0.2) is 24.3 Å². The molecule has 3 saturated heterocycles. The van der Waals surface area contributed by atoms with Gasteiger partial charge in [0.05, 0.1) is 16.8 Å². The summed E-state index contributed by atoms with van der Waals surface area (Å²) < 4.78 is 12.3. The number of benzene rings is 1. The highest BCUT2D eigenvalue weighted by Gasteiger charge is 2.51.